The van der Waals surface area contributed by atoms with Crippen LogP contribution in [0.15, 0.2) is 30.3 Å². The van der Waals surface area contributed by atoms with Gasteiger partial charge in [0.2, 0.25) is 17.7 Å². The highest BCUT2D eigenvalue weighted by Gasteiger charge is 2.21. The van der Waals surface area contributed by atoms with Crippen molar-refractivity contribution in [1.29, 1.82) is 0 Å². The van der Waals surface area contributed by atoms with Crippen molar-refractivity contribution in [3.63, 3.8) is 0 Å². The molecule has 0 aliphatic rings. The Balaban J connectivity index is 2.78. The summed E-state index contributed by atoms with van der Waals surface area (Å²) >= 11 is 0. The first kappa shape index (κ1) is 18.7. The minimum Gasteiger partial charge on any atom is -0.355 e. The molecule has 23 heavy (non-hydrogen) atoms. The molecule has 2 N–H and O–H groups in total. The average Bonchev–Trinajstić information content (AvgIpc) is 2.52. The first-order chi connectivity index (χ1) is 11.0. The maximum absolute atomic E-state index is 12.5. The summed E-state index contributed by atoms with van der Waals surface area (Å²) in [5.41, 5.74) is 0.866. The fraction of sp³-hybridized carbons (Fsp3) is 0.471. The number of amides is 3. The molecule has 0 aromatic heterocycles. The molecule has 1 aromatic rings. The molecule has 0 heterocycles. The van der Waals surface area contributed by atoms with Crippen molar-refractivity contribution >= 4 is 17.7 Å². The molecule has 1 atom stereocenters. The molecule has 1 rings (SSSR count). The van der Waals surface area contributed by atoms with Crippen LogP contribution in [0.2, 0.25) is 0 Å². The molecule has 0 aliphatic heterocycles. The Morgan fingerprint density at radius 3 is 2.30 bits per heavy atom. The van der Waals surface area contributed by atoms with Crippen molar-refractivity contribution in [2.75, 3.05) is 19.6 Å². The van der Waals surface area contributed by atoms with E-state index < -0.39 is 6.04 Å². The van der Waals surface area contributed by atoms with Crippen LogP contribution >= 0.6 is 0 Å². The summed E-state index contributed by atoms with van der Waals surface area (Å²) in [5, 5.41) is 5.48. The summed E-state index contributed by atoms with van der Waals surface area (Å²) in [5.74, 6) is -0.543. The molecule has 3 amide bonds. The molecule has 6 nitrogen and oxygen atoms in total. The second-order valence-electron chi connectivity index (χ2n) is 5.23. The quantitative estimate of drug-likeness (QED) is 0.756. The number of nitrogens with zero attached hydrogens (tertiary/aromatic N) is 1. The van der Waals surface area contributed by atoms with Crippen molar-refractivity contribution in [3.05, 3.63) is 35.9 Å². The largest absolute Gasteiger partial charge is 0.355 e. The molecule has 1 aromatic carbocycles. The maximum Gasteiger partial charge on any atom is 0.239 e. The van der Waals surface area contributed by atoms with Crippen LogP contribution < -0.4 is 10.6 Å². The van der Waals surface area contributed by atoms with E-state index >= 15 is 0 Å². The molecule has 0 aliphatic carbocycles. The van der Waals surface area contributed by atoms with E-state index in [2.05, 4.69) is 10.6 Å². The average molecular weight is 319 g/mol. The van der Waals surface area contributed by atoms with E-state index in [-0.39, 0.29) is 30.7 Å². The Kier molecular flexibility index (Phi) is 7.80. The van der Waals surface area contributed by atoms with Crippen LogP contribution in [-0.4, -0.2) is 42.3 Å². The van der Waals surface area contributed by atoms with Gasteiger partial charge in [-0.15, -0.1) is 0 Å². The Labute approximate surface area is 137 Å². The minimum absolute atomic E-state index is 0.0325. The van der Waals surface area contributed by atoms with Gasteiger partial charge in [0.25, 0.3) is 0 Å². The Bertz CT molecular complexity index is 531. The highest BCUT2D eigenvalue weighted by Crippen LogP contribution is 2.17. The van der Waals surface area contributed by atoms with Gasteiger partial charge in [-0.25, -0.2) is 0 Å². The van der Waals surface area contributed by atoms with E-state index in [1.165, 1.54) is 11.8 Å². The van der Waals surface area contributed by atoms with Gasteiger partial charge in [-0.2, -0.15) is 0 Å². The standard InChI is InChI=1S/C17H25N3O3/c1-4-18-16(22)12-20(5-2)17(23)11-15(19-13(3)21)14-9-7-6-8-10-14/h6-10,15H,4-5,11-12H2,1-3H3,(H,18,22)(H,19,21). The molecule has 1 unspecified atom stereocenters. The highest BCUT2D eigenvalue weighted by atomic mass is 16.2. The van der Waals surface area contributed by atoms with Crippen LogP contribution in [0, 0.1) is 0 Å². The number of carbonyl (C=O) groups excluding carboxylic acids is 3. The number of likely N-dealkylation sites (N-methyl/N-ethyl adjacent to an activating group) is 2. The lowest BCUT2D eigenvalue weighted by Gasteiger charge is -2.24. The Morgan fingerprint density at radius 1 is 1.13 bits per heavy atom. The summed E-state index contributed by atoms with van der Waals surface area (Å²) < 4.78 is 0. The third kappa shape index (κ3) is 6.50. The van der Waals surface area contributed by atoms with E-state index in [1.807, 2.05) is 44.2 Å². The Morgan fingerprint density at radius 2 is 1.78 bits per heavy atom. The fourth-order valence-electron chi connectivity index (χ4n) is 2.29. The number of benzene rings is 1. The zero-order valence-electron chi connectivity index (χ0n) is 14.0. The van der Waals surface area contributed by atoms with Crippen molar-refractivity contribution in [2.24, 2.45) is 0 Å². The van der Waals surface area contributed by atoms with Gasteiger partial charge in [-0.3, -0.25) is 14.4 Å². The van der Waals surface area contributed by atoms with E-state index in [1.54, 1.807) is 0 Å². The minimum atomic E-state index is -0.399. The third-order valence-electron chi connectivity index (χ3n) is 3.40. The van der Waals surface area contributed by atoms with E-state index in [9.17, 15) is 14.4 Å². The zero-order chi connectivity index (χ0) is 17.2. The highest BCUT2D eigenvalue weighted by molar-refractivity contribution is 5.85. The molecule has 0 bridgehead atoms. The van der Waals surface area contributed by atoms with Crippen molar-refractivity contribution < 1.29 is 14.4 Å². The van der Waals surface area contributed by atoms with Crippen LogP contribution in [0.4, 0.5) is 0 Å². The van der Waals surface area contributed by atoms with Crippen molar-refractivity contribution in [2.45, 2.75) is 33.2 Å². The van der Waals surface area contributed by atoms with Crippen LogP contribution in [0.5, 0.6) is 0 Å². The predicted molar refractivity (Wildman–Crippen MR) is 88.6 cm³/mol. The van der Waals surface area contributed by atoms with Crippen LogP contribution in [0.3, 0.4) is 0 Å². The smallest absolute Gasteiger partial charge is 0.239 e. The number of hydrogen-bond acceptors (Lipinski definition) is 3. The molecular weight excluding hydrogens is 294 g/mol. The molecule has 6 heteroatoms. The summed E-state index contributed by atoms with van der Waals surface area (Å²) in [6.45, 7) is 6.09. The summed E-state index contributed by atoms with van der Waals surface area (Å²) in [7, 11) is 0. The van der Waals surface area contributed by atoms with Gasteiger partial charge in [0.1, 0.15) is 0 Å². The van der Waals surface area contributed by atoms with Crippen LogP contribution in [0.25, 0.3) is 0 Å². The van der Waals surface area contributed by atoms with Gasteiger partial charge < -0.3 is 15.5 Å². The van der Waals surface area contributed by atoms with Gasteiger partial charge in [0.15, 0.2) is 0 Å². The molecule has 0 fully saturated rings. The van der Waals surface area contributed by atoms with Crippen LogP contribution in [-0.2, 0) is 14.4 Å². The first-order valence-electron chi connectivity index (χ1n) is 7.84. The van der Waals surface area contributed by atoms with E-state index in [0.717, 1.165) is 5.56 Å². The number of rotatable bonds is 8. The topological polar surface area (TPSA) is 78.5 Å². The summed E-state index contributed by atoms with van der Waals surface area (Å²) in [4.78, 5) is 37.0. The SMILES string of the molecule is CCNC(=O)CN(CC)C(=O)CC(NC(C)=O)c1ccccc1. The maximum atomic E-state index is 12.5. The molecule has 0 saturated heterocycles. The van der Waals surface area contributed by atoms with Gasteiger partial charge >= 0.3 is 0 Å². The number of nitrogens with one attached hydrogen (secondary N) is 2. The molecule has 0 saturated carbocycles. The van der Waals surface area contributed by atoms with Crippen molar-refractivity contribution in [1.82, 2.24) is 15.5 Å². The third-order valence-corrected chi connectivity index (χ3v) is 3.40. The summed E-state index contributed by atoms with van der Waals surface area (Å²) in [6, 6.07) is 8.94. The van der Waals surface area contributed by atoms with E-state index in [4.69, 9.17) is 0 Å². The predicted octanol–water partition coefficient (Wildman–Crippen LogP) is 1.24. The number of hydrogen-bond donors (Lipinski definition) is 2. The summed E-state index contributed by atoms with van der Waals surface area (Å²) in [6.07, 6.45) is 0.122. The number of carbonyl (C=O) groups is 3. The van der Waals surface area contributed by atoms with Gasteiger partial charge in [-0.05, 0) is 19.4 Å². The second kappa shape index (κ2) is 9.61. The van der Waals surface area contributed by atoms with Gasteiger partial charge in [0, 0.05) is 20.0 Å². The zero-order valence-corrected chi connectivity index (χ0v) is 14.0. The van der Waals surface area contributed by atoms with Crippen LogP contribution in [0.1, 0.15) is 38.8 Å². The lowest BCUT2D eigenvalue weighted by Crippen LogP contribution is -2.42. The molecule has 126 valence electrons. The molecule has 0 radical (unpaired) electrons. The van der Waals surface area contributed by atoms with Crippen molar-refractivity contribution in [3.8, 4) is 0 Å². The fourth-order valence-corrected chi connectivity index (χ4v) is 2.29. The molecule has 0 spiro atoms. The van der Waals surface area contributed by atoms with Gasteiger partial charge in [0.05, 0.1) is 19.0 Å². The second-order valence-corrected chi connectivity index (χ2v) is 5.23. The van der Waals surface area contributed by atoms with E-state index in [0.29, 0.717) is 13.1 Å². The Hall–Kier alpha value is -2.37. The molecular formula is C17H25N3O3. The lowest BCUT2D eigenvalue weighted by molar-refractivity contribution is -0.136. The van der Waals surface area contributed by atoms with Gasteiger partial charge in [-0.1, -0.05) is 30.3 Å². The normalized spacial score (nSPS) is 11.4. The lowest BCUT2D eigenvalue weighted by atomic mass is 10.0. The monoisotopic (exact) mass is 319 g/mol. The first-order valence-corrected chi connectivity index (χ1v) is 7.84.